The standard InChI is InChI=1S/C18H11Cl2F3O3.Na/c19-12-3-1-9(2-4-12)5-10-8-15-11(7-14(10)20)6-13(17(24)25)16(26-15)18(21,22)23;/h1-4,6-8,16H,5H2,(H,24,25);/q;+1/p-1. The smallest absolute Gasteiger partial charge is 0.545 e. The van der Waals surface area contributed by atoms with E-state index in [4.69, 9.17) is 27.9 Å². The Morgan fingerprint density at radius 3 is 2.33 bits per heavy atom. The Morgan fingerprint density at radius 2 is 1.78 bits per heavy atom. The summed E-state index contributed by atoms with van der Waals surface area (Å²) >= 11 is 12.0. The minimum Gasteiger partial charge on any atom is -0.545 e. The van der Waals surface area contributed by atoms with Crippen molar-refractivity contribution in [2.45, 2.75) is 18.7 Å². The van der Waals surface area contributed by atoms with Gasteiger partial charge in [0.1, 0.15) is 5.75 Å². The van der Waals surface area contributed by atoms with E-state index >= 15 is 0 Å². The van der Waals surface area contributed by atoms with Crippen molar-refractivity contribution in [1.82, 2.24) is 0 Å². The number of alkyl halides is 3. The molecule has 136 valence electrons. The molecule has 27 heavy (non-hydrogen) atoms. The first-order valence-corrected chi connectivity index (χ1v) is 8.14. The maximum Gasteiger partial charge on any atom is 1.00 e. The minimum atomic E-state index is -4.89. The number of carbonyl (C=O) groups excluding carboxylic acids is 1. The van der Waals surface area contributed by atoms with E-state index in [-0.39, 0.29) is 45.9 Å². The van der Waals surface area contributed by atoms with Crippen molar-refractivity contribution in [2.75, 3.05) is 0 Å². The Hall–Kier alpha value is -1.18. The summed E-state index contributed by atoms with van der Waals surface area (Å²) < 4.78 is 44.3. The van der Waals surface area contributed by atoms with E-state index in [1.165, 1.54) is 12.1 Å². The molecule has 0 saturated carbocycles. The van der Waals surface area contributed by atoms with Crippen LogP contribution < -0.4 is 39.4 Å². The molecule has 1 aliphatic rings. The van der Waals surface area contributed by atoms with Crippen molar-refractivity contribution in [3.05, 3.63) is 68.7 Å². The summed E-state index contributed by atoms with van der Waals surface area (Å²) in [6, 6.07) is 9.67. The van der Waals surface area contributed by atoms with Gasteiger partial charge in [0.25, 0.3) is 0 Å². The van der Waals surface area contributed by atoms with E-state index in [1.54, 1.807) is 24.3 Å². The predicted octanol–water partition coefficient (Wildman–Crippen LogP) is 1.04. The van der Waals surface area contributed by atoms with Crippen LogP contribution in [0, 0.1) is 0 Å². The van der Waals surface area contributed by atoms with Gasteiger partial charge in [0, 0.05) is 21.2 Å². The quantitative estimate of drug-likeness (QED) is 0.692. The summed E-state index contributed by atoms with van der Waals surface area (Å²) in [5.41, 5.74) is 0.547. The summed E-state index contributed by atoms with van der Waals surface area (Å²) in [4.78, 5) is 11.0. The molecule has 0 fully saturated rings. The van der Waals surface area contributed by atoms with Gasteiger partial charge in [-0.2, -0.15) is 13.2 Å². The number of carbonyl (C=O) groups is 1. The van der Waals surface area contributed by atoms with Crippen LogP contribution in [0.25, 0.3) is 6.08 Å². The molecule has 3 nitrogen and oxygen atoms in total. The van der Waals surface area contributed by atoms with Crippen LogP contribution in [0.5, 0.6) is 5.75 Å². The maximum absolute atomic E-state index is 13.1. The Kier molecular flexibility index (Phi) is 6.92. The van der Waals surface area contributed by atoms with Gasteiger partial charge < -0.3 is 14.6 Å². The molecule has 0 amide bonds. The van der Waals surface area contributed by atoms with Gasteiger partial charge in [-0.25, -0.2) is 0 Å². The normalized spacial score (nSPS) is 15.9. The Labute approximate surface area is 185 Å². The van der Waals surface area contributed by atoms with Crippen LogP contribution in [0.2, 0.25) is 10.0 Å². The van der Waals surface area contributed by atoms with Crippen molar-refractivity contribution in [3.63, 3.8) is 0 Å². The molecule has 1 heterocycles. The van der Waals surface area contributed by atoms with E-state index in [2.05, 4.69) is 0 Å². The number of carboxylic acid groups (broad SMARTS) is 1. The number of hydrogen-bond acceptors (Lipinski definition) is 3. The number of hydrogen-bond donors (Lipinski definition) is 0. The minimum absolute atomic E-state index is 0. The molecule has 0 aliphatic carbocycles. The fourth-order valence-corrected chi connectivity index (χ4v) is 2.99. The largest absolute Gasteiger partial charge is 1.00 e. The molecule has 0 spiro atoms. The summed E-state index contributed by atoms with van der Waals surface area (Å²) in [7, 11) is 0. The average Bonchev–Trinajstić information content (AvgIpc) is 2.55. The van der Waals surface area contributed by atoms with Crippen molar-refractivity contribution < 1.29 is 57.4 Å². The van der Waals surface area contributed by atoms with Crippen molar-refractivity contribution in [3.8, 4) is 5.75 Å². The van der Waals surface area contributed by atoms with Crippen LogP contribution in [-0.4, -0.2) is 18.2 Å². The number of rotatable bonds is 3. The van der Waals surface area contributed by atoms with Crippen molar-refractivity contribution in [1.29, 1.82) is 0 Å². The maximum atomic E-state index is 13.1. The Bertz CT molecular complexity index is 896. The number of halogens is 5. The summed E-state index contributed by atoms with van der Waals surface area (Å²) in [5, 5.41) is 11.9. The van der Waals surface area contributed by atoms with Gasteiger partial charge in [-0.05, 0) is 47.9 Å². The fourth-order valence-electron chi connectivity index (χ4n) is 2.63. The monoisotopic (exact) mass is 424 g/mol. The number of carboxylic acids is 1. The first-order chi connectivity index (χ1) is 12.1. The molecular weight excluding hydrogens is 415 g/mol. The molecule has 1 unspecified atom stereocenters. The summed E-state index contributed by atoms with van der Waals surface area (Å²) in [5.74, 6) is -2.04. The Morgan fingerprint density at radius 1 is 1.15 bits per heavy atom. The second-order valence-corrected chi connectivity index (χ2v) is 6.55. The summed E-state index contributed by atoms with van der Waals surface area (Å²) in [6.45, 7) is 0. The van der Waals surface area contributed by atoms with Crippen LogP contribution in [0.1, 0.15) is 16.7 Å². The third-order valence-electron chi connectivity index (χ3n) is 3.86. The molecule has 2 aromatic rings. The average molecular weight is 425 g/mol. The van der Waals surface area contributed by atoms with E-state index in [0.29, 0.717) is 17.0 Å². The second kappa shape index (κ2) is 8.45. The predicted molar refractivity (Wildman–Crippen MR) is 89.2 cm³/mol. The molecule has 0 aromatic heterocycles. The molecule has 1 atom stereocenters. The Balaban J connectivity index is 0.00000261. The molecular formula is C18H10Cl2F3NaO3. The number of aliphatic carboxylic acids is 1. The van der Waals surface area contributed by atoms with Crippen LogP contribution >= 0.6 is 23.2 Å². The molecule has 3 rings (SSSR count). The first kappa shape index (κ1) is 22.1. The molecule has 9 heteroatoms. The zero-order valence-corrected chi connectivity index (χ0v) is 17.5. The SMILES string of the molecule is O=C([O-])C1=Cc2cc(Cl)c(Cc3ccc(Cl)cc3)cc2OC1C(F)(F)F.[Na+]. The van der Waals surface area contributed by atoms with Gasteiger partial charge in [-0.3, -0.25) is 0 Å². The first-order valence-electron chi connectivity index (χ1n) is 7.38. The third kappa shape index (κ3) is 5.00. The van der Waals surface area contributed by atoms with Gasteiger partial charge in [0.15, 0.2) is 0 Å². The summed E-state index contributed by atoms with van der Waals surface area (Å²) in [6.07, 6.45) is -6.26. The molecule has 2 aromatic carbocycles. The van der Waals surface area contributed by atoms with Crippen LogP contribution in [-0.2, 0) is 11.2 Å². The van der Waals surface area contributed by atoms with Crippen molar-refractivity contribution >= 4 is 35.2 Å². The van der Waals surface area contributed by atoms with Crippen LogP contribution in [0.15, 0.2) is 42.0 Å². The van der Waals surface area contributed by atoms with Gasteiger partial charge in [-0.1, -0.05) is 35.3 Å². The zero-order chi connectivity index (χ0) is 19.1. The molecule has 0 saturated heterocycles. The molecule has 0 N–H and O–H groups in total. The molecule has 0 radical (unpaired) electrons. The van der Waals surface area contributed by atoms with Gasteiger partial charge in [0.2, 0.25) is 6.10 Å². The van der Waals surface area contributed by atoms with E-state index in [1.807, 2.05) is 0 Å². The number of fused-ring (bicyclic) bond motifs is 1. The van der Waals surface area contributed by atoms with Gasteiger partial charge >= 0.3 is 35.7 Å². The number of ether oxygens (including phenoxy) is 1. The van der Waals surface area contributed by atoms with Gasteiger partial charge in [0.05, 0.1) is 5.97 Å². The number of benzene rings is 2. The van der Waals surface area contributed by atoms with E-state index in [9.17, 15) is 23.1 Å². The van der Waals surface area contributed by atoms with Gasteiger partial charge in [-0.15, -0.1) is 0 Å². The van der Waals surface area contributed by atoms with Crippen LogP contribution in [0.4, 0.5) is 13.2 Å². The zero-order valence-electron chi connectivity index (χ0n) is 13.9. The van der Waals surface area contributed by atoms with Crippen molar-refractivity contribution in [2.24, 2.45) is 0 Å². The molecule has 1 aliphatic heterocycles. The van der Waals surface area contributed by atoms with Crippen LogP contribution in [0.3, 0.4) is 0 Å². The third-order valence-corrected chi connectivity index (χ3v) is 4.46. The van der Waals surface area contributed by atoms with E-state index < -0.39 is 23.8 Å². The second-order valence-electron chi connectivity index (χ2n) is 5.71. The topological polar surface area (TPSA) is 49.4 Å². The van der Waals surface area contributed by atoms with E-state index in [0.717, 1.165) is 11.6 Å². The molecule has 0 bridgehead atoms. The fraction of sp³-hybridized carbons (Fsp3) is 0.167.